The summed E-state index contributed by atoms with van der Waals surface area (Å²) < 4.78 is 7.07. The Hall–Kier alpha value is -1.66. The third kappa shape index (κ3) is 6.07. The van der Waals surface area contributed by atoms with Gasteiger partial charge in [-0.2, -0.15) is 0 Å². The fraction of sp³-hybridized carbons (Fsp3) is 0.680. The second-order valence-corrected chi connectivity index (χ2v) is 11.5. The Bertz CT molecular complexity index is 964. The van der Waals surface area contributed by atoms with Crippen LogP contribution in [-0.2, 0) is 27.3 Å². The van der Waals surface area contributed by atoms with Crippen molar-refractivity contribution >= 4 is 46.0 Å². The lowest BCUT2D eigenvalue weighted by atomic mass is 9.68. The average Bonchev–Trinajstić information content (AvgIpc) is 3.24. The topological polar surface area (TPSA) is 82.4 Å². The normalized spacial score (nSPS) is 22.7. The van der Waals surface area contributed by atoms with Crippen LogP contribution in [0.1, 0.15) is 106 Å². The fourth-order valence-corrected chi connectivity index (χ4v) is 5.76. The summed E-state index contributed by atoms with van der Waals surface area (Å²) in [6.45, 7) is 8.17. The third-order valence-corrected chi connectivity index (χ3v) is 7.41. The molecule has 0 spiro atoms. The number of Topliss-reactive ketones (excluding diaryl/α,β-unsaturated/α-hetero) is 2. The van der Waals surface area contributed by atoms with E-state index in [1.807, 2.05) is 27.7 Å². The maximum atomic E-state index is 13.1. The van der Waals surface area contributed by atoms with E-state index in [1.54, 1.807) is 4.57 Å². The molecule has 1 saturated carbocycles. The number of hydrogen-bond donors (Lipinski definition) is 0. The molecule has 1 aliphatic heterocycles. The Kier molecular flexibility index (Phi) is 7.79. The van der Waals surface area contributed by atoms with Gasteiger partial charge in [0.15, 0.2) is 0 Å². The van der Waals surface area contributed by atoms with Gasteiger partial charge < -0.3 is 9.30 Å². The van der Waals surface area contributed by atoms with Crippen LogP contribution in [0.15, 0.2) is 0 Å². The Balaban J connectivity index is 1.58. The van der Waals surface area contributed by atoms with Crippen LogP contribution < -0.4 is 0 Å². The first-order valence-corrected chi connectivity index (χ1v) is 12.5. The highest BCUT2D eigenvalue weighted by atomic mass is 35.5. The van der Waals surface area contributed by atoms with E-state index in [4.69, 9.17) is 27.9 Å². The van der Waals surface area contributed by atoms with Crippen molar-refractivity contribution in [1.29, 1.82) is 0 Å². The molecular formula is C25H33Cl2NO5. The summed E-state index contributed by atoms with van der Waals surface area (Å²) in [5.74, 6) is -0.881. The molecule has 0 atom stereocenters. The minimum atomic E-state index is -0.700. The van der Waals surface area contributed by atoms with E-state index in [0.29, 0.717) is 31.0 Å². The van der Waals surface area contributed by atoms with Gasteiger partial charge in [-0.05, 0) is 88.7 Å². The van der Waals surface area contributed by atoms with Gasteiger partial charge in [-0.3, -0.25) is 19.2 Å². The second kappa shape index (κ2) is 9.91. The number of ketones is 2. The molecule has 2 heterocycles. The lowest BCUT2D eigenvalue weighted by Crippen LogP contribution is -2.31. The minimum absolute atomic E-state index is 0.000876. The first-order chi connectivity index (χ1) is 15.3. The van der Waals surface area contributed by atoms with Crippen LogP contribution in [0.25, 0.3) is 0 Å². The van der Waals surface area contributed by atoms with Crippen molar-refractivity contribution < 1.29 is 23.9 Å². The van der Waals surface area contributed by atoms with Crippen LogP contribution in [0.5, 0.6) is 0 Å². The Morgan fingerprint density at radius 2 is 1.79 bits per heavy atom. The van der Waals surface area contributed by atoms with Gasteiger partial charge in [0, 0.05) is 25.1 Å². The van der Waals surface area contributed by atoms with Crippen LogP contribution >= 0.6 is 23.2 Å². The largest absolute Gasteiger partial charge is 0.460 e. The minimum Gasteiger partial charge on any atom is -0.460 e. The molecule has 0 bridgehead atoms. The average molecular weight is 498 g/mol. The van der Waals surface area contributed by atoms with Crippen molar-refractivity contribution in [2.24, 2.45) is 11.3 Å². The lowest BCUT2D eigenvalue weighted by molar-refractivity contribution is -0.155. The molecule has 0 amide bonds. The summed E-state index contributed by atoms with van der Waals surface area (Å²) in [5.41, 5.74) is 0.160. The number of hydrogen-bond acceptors (Lipinski definition) is 5. The van der Waals surface area contributed by atoms with Crippen LogP contribution in [0, 0.1) is 11.3 Å². The smallest absolute Gasteiger partial charge is 0.306 e. The number of nitrogens with zero attached hydrogens (tertiary/aromatic N) is 1. The molecule has 3 rings (SSSR count). The number of halogens is 2. The van der Waals surface area contributed by atoms with Crippen LogP contribution in [0.2, 0.25) is 5.02 Å². The highest BCUT2D eigenvalue weighted by Crippen LogP contribution is 2.43. The van der Waals surface area contributed by atoms with E-state index in [0.717, 1.165) is 38.5 Å². The molecule has 8 heteroatoms. The second-order valence-electron chi connectivity index (χ2n) is 10.8. The van der Waals surface area contributed by atoms with E-state index >= 15 is 0 Å². The predicted molar refractivity (Wildman–Crippen MR) is 127 cm³/mol. The molecule has 0 N–H and O–H groups in total. The molecular weight excluding hydrogens is 465 g/mol. The molecule has 1 fully saturated rings. The fourth-order valence-electron chi connectivity index (χ4n) is 5.12. The maximum Gasteiger partial charge on any atom is 0.306 e. The molecule has 6 nitrogen and oxygen atoms in total. The summed E-state index contributed by atoms with van der Waals surface area (Å²) >= 11 is 12.0. The van der Waals surface area contributed by atoms with Crippen molar-refractivity contribution in [2.75, 3.05) is 0 Å². The van der Waals surface area contributed by atoms with Gasteiger partial charge in [-0.1, -0.05) is 18.5 Å². The highest BCUT2D eigenvalue weighted by Gasteiger charge is 2.38. The zero-order chi connectivity index (χ0) is 24.6. The molecule has 1 aromatic rings. The van der Waals surface area contributed by atoms with Crippen LogP contribution in [0.3, 0.4) is 0 Å². The van der Waals surface area contributed by atoms with E-state index in [9.17, 15) is 19.2 Å². The number of carbonyl (C=O) groups excluding carboxylic acids is 4. The van der Waals surface area contributed by atoms with Crippen molar-refractivity contribution in [2.45, 2.75) is 97.6 Å². The van der Waals surface area contributed by atoms with E-state index in [-0.39, 0.29) is 34.1 Å². The quantitative estimate of drug-likeness (QED) is 0.192. The van der Waals surface area contributed by atoms with Crippen molar-refractivity contribution in [3.8, 4) is 0 Å². The predicted octanol–water partition coefficient (Wildman–Crippen LogP) is 5.93. The molecule has 182 valence electrons. The van der Waals surface area contributed by atoms with Gasteiger partial charge in [-0.15, -0.1) is 0 Å². The molecule has 1 aliphatic carbocycles. The number of ether oxygens (including phenoxy) is 1. The lowest BCUT2D eigenvalue weighted by Gasteiger charge is -2.37. The number of aromatic nitrogens is 1. The Morgan fingerprint density at radius 3 is 2.36 bits per heavy atom. The van der Waals surface area contributed by atoms with E-state index in [2.05, 4.69) is 0 Å². The zero-order valence-electron chi connectivity index (χ0n) is 19.9. The van der Waals surface area contributed by atoms with Crippen LogP contribution in [0.4, 0.5) is 0 Å². The van der Waals surface area contributed by atoms with Gasteiger partial charge in [0.05, 0.1) is 10.6 Å². The maximum absolute atomic E-state index is 13.1. The Labute approximate surface area is 205 Å². The number of fused-ring (bicyclic) bond motifs is 1. The van der Waals surface area contributed by atoms with Gasteiger partial charge in [0.2, 0.25) is 11.6 Å². The van der Waals surface area contributed by atoms with Crippen LogP contribution in [-0.4, -0.2) is 32.9 Å². The SMILES string of the molecule is CC1(CC(=O)C(=O)c2c(Cl)c(C(=O)Cl)c3n2CCC3)CCC(CCC(=O)OC(C)(C)C)CC1. The molecule has 0 unspecified atom stereocenters. The van der Waals surface area contributed by atoms with Gasteiger partial charge in [0.1, 0.15) is 11.3 Å². The number of carbonyl (C=O) groups is 4. The molecule has 0 saturated heterocycles. The third-order valence-electron chi connectivity index (χ3n) is 6.85. The van der Waals surface area contributed by atoms with Gasteiger partial charge in [0.25, 0.3) is 5.24 Å². The monoisotopic (exact) mass is 497 g/mol. The van der Waals surface area contributed by atoms with Gasteiger partial charge in [-0.25, -0.2) is 0 Å². The number of esters is 1. The molecule has 2 aliphatic rings. The van der Waals surface area contributed by atoms with E-state index < -0.39 is 22.4 Å². The molecule has 33 heavy (non-hydrogen) atoms. The standard InChI is InChI=1S/C25H33Cl2NO5/c1-24(2,3)33-18(30)8-7-15-9-11-25(4,12-10-15)14-17(29)22(31)21-20(26)19(23(27)32)16-6-5-13-28(16)21/h15H,5-14H2,1-4H3. The summed E-state index contributed by atoms with van der Waals surface area (Å²) in [4.78, 5) is 49.9. The highest BCUT2D eigenvalue weighted by molar-refractivity contribution is 6.69. The van der Waals surface area contributed by atoms with E-state index in [1.165, 1.54) is 0 Å². The van der Waals surface area contributed by atoms with Crippen molar-refractivity contribution in [3.05, 3.63) is 22.0 Å². The molecule has 0 aromatic carbocycles. The molecule has 0 radical (unpaired) electrons. The molecule has 1 aromatic heterocycles. The first-order valence-electron chi connectivity index (χ1n) is 11.7. The van der Waals surface area contributed by atoms with Crippen molar-refractivity contribution in [3.63, 3.8) is 0 Å². The Morgan fingerprint density at radius 1 is 1.15 bits per heavy atom. The first kappa shape index (κ1) is 26.0. The van der Waals surface area contributed by atoms with Crippen molar-refractivity contribution in [1.82, 2.24) is 4.57 Å². The summed E-state index contributed by atoms with van der Waals surface area (Å²) in [5, 5.41) is -0.701. The zero-order valence-corrected chi connectivity index (χ0v) is 21.4. The van der Waals surface area contributed by atoms with Gasteiger partial charge >= 0.3 is 5.97 Å². The summed E-state index contributed by atoms with van der Waals surface area (Å²) in [6.07, 6.45) is 6.16. The summed E-state index contributed by atoms with van der Waals surface area (Å²) in [7, 11) is 0. The summed E-state index contributed by atoms with van der Waals surface area (Å²) in [6, 6.07) is 0. The number of rotatable bonds is 8.